The number of benzene rings is 1. The second-order valence-corrected chi connectivity index (χ2v) is 7.15. The Bertz CT molecular complexity index is 750. The second kappa shape index (κ2) is 6.38. The van der Waals surface area contributed by atoms with Crippen molar-refractivity contribution < 1.29 is 18.3 Å². The van der Waals surface area contributed by atoms with Gasteiger partial charge in [-0.2, -0.15) is 0 Å². The van der Waals surface area contributed by atoms with Gasteiger partial charge in [-0.3, -0.25) is 0 Å². The van der Waals surface area contributed by atoms with E-state index in [9.17, 15) is 13.2 Å². The number of carboxylic acids is 1. The Balaban J connectivity index is 2.19. The summed E-state index contributed by atoms with van der Waals surface area (Å²) in [7, 11) is -3.72. The molecule has 0 spiro atoms. The first-order chi connectivity index (χ1) is 9.94. The van der Waals surface area contributed by atoms with Crippen molar-refractivity contribution in [2.45, 2.75) is 24.8 Å². The molecule has 7 heteroatoms. The zero-order chi connectivity index (χ0) is 15.5. The van der Waals surface area contributed by atoms with Gasteiger partial charge >= 0.3 is 5.97 Å². The molecule has 21 heavy (non-hydrogen) atoms. The fourth-order valence-corrected chi connectivity index (χ4v) is 3.93. The number of hydrogen-bond acceptors (Lipinski definition) is 4. The van der Waals surface area contributed by atoms with Crippen LogP contribution in [0.5, 0.6) is 0 Å². The van der Waals surface area contributed by atoms with E-state index in [0.717, 1.165) is 22.9 Å². The van der Waals surface area contributed by atoms with Gasteiger partial charge in [-0.25, -0.2) is 17.9 Å². The highest BCUT2D eigenvalue weighted by Gasteiger charge is 2.16. The fraction of sp³-hybridized carbons (Fsp3) is 0.214. The van der Waals surface area contributed by atoms with Crippen molar-refractivity contribution in [2.24, 2.45) is 0 Å². The monoisotopic (exact) mass is 325 g/mol. The molecule has 5 nitrogen and oxygen atoms in total. The van der Waals surface area contributed by atoms with Crippen LogP contribution in [-0.2, 0) is 23.0 Å². The van der Waals surface area contributed by atoms with Crippen LogP contribution in [0.25, 0.3) is 0 Å². The lowest BCUT2D eigenvalue weighted by Crippen LogP contribution is -2.23. The summed E-state index contributed by atoms with van der Waals surface area (Å²) in [5, 5.41) is 10.8. The molecule has 0 saturated carbocycles. The molecular formula is C14H15NO4S2. The normalized spacial score (nSPS) is 11.5. The Labute approximate surface area is 127 Å². The zero-order valence-corrected chi connectivity index (χ0v) is 13.0. The molecule has 0 aliphatic rings. The minimum Gasteiger partial charge on any atom is -0.478 e. The third-order valence-corrected chi connectivity index (χ3v) is 5.39. The third-order valence-electron chi connectivity index (χ3n) is 3.03. The second-order valence-electron chi connectivity index (χ2n) is 4.38. The van der Waals surface area contributed by atoms with E-state index in [0.29, 0.717) is 0 Å². The van der Waals surface area contributed by atoms with Gasteiger partial charge in [0.15, 0.2) is 0 Å². The van der Waals surface area contributed by atoms with Crippen molar-refractivity contribution in [3.8, 4) is 0 Å². The third kappa shape index (κ3) is 3.69. The molecule has 1 aromatic carbocycles. The molecule has 0 saturated heterocycles. The predicted octanol–water partition coefficient (Wildman–Crippen LogP) is 2.49. The average Bonchev–Trinajstić information content (AvgIpc) is 2.93. The van der Waals surface area contributed by atoms with Gasteiger partial charge in [0, 0.05) is 11.4 Å². The van der Waals surface area contributed by atoms with Gasteiger partial charge in [0.2, 0.25) is 10.0 Å². The van der Waals surface area contributed by atoms with Crippen molar-refractivity contribution >= 4 is 27.3 Å². The summed E-state index contributed by atoms with van der Waals surface area (Å²) in [4.78, 5) is 11.8. The van der Waals surface area contributed by atoms with E-state index in [1.54, 1.807) is 0 Å². The SMILES string of the molecule is CCc1ccsc1CNS(=O)(=O)c1cccc(C(=O)O)c1. The van der Waals surface area contributed by atoms with Crippen LogP contribution in [0.3, 0.4) is 0 Å². The number of sulfonamides is 1. The number of carbonyl (C=O) groups is 1. The summed E-state index contributed by atoms with van der Waals surface area (Å²) < 4.78 is 26.9. The molecule has 1 aromatic heterocycles. The average molecular weight is 325 g/mol. The van der Waals surface area contributed by atoms with Crippen molar-refractivity contribution in [1.82, 2.24) is 4.72 Å². The Morgan fingerprint density at radius 1 is 1.33 bits per heavy atom. The van der Waals surface area contributed by atoms with E-state index in [2.05, 4.69) is 4.72 Å². The summed E-state index contributed by atoms with van der Waals surface area (Å²) in [5.41, 5.74) is 1.06. The molecule has 112 valence electrons. The molecule has 2 N–H and O–H groups in total. The lowest BCUT2D eigenvalue weighted by atomic mass is 10.2. The standard InChI is InChI=1S/C14H15NO4S2/c1-2-10-6-7-20-13(10)9-15-21(18,19)12-5-3-4-11(8-12)14(16)17/h3-8,15H,2,9H2,1H3,(H,16,17). The van der Waals surface area contributed by atoms with Crippen LogP contribution < -0.4 is 4.72 Å². The van der Waals surface area contributed by atoms with Crippen LogP contribution in [0.1, 0.15) is 27.7 Å². The summed E-state index contributed by atoms with van der Waals surface area (Å²) in [6.45, 7) is 2.22. The van der Waals surface area contributed by atoms with Crippen LogP contribution in [0, 0.1) is 0 Å². The van der Waals surface area contributed by atoms with E-state index < -0.39 is 16.0 Å². The lowest BCUT2D eigenvalue weighted by Gasteiger charge is -2.07. The number of aryl methyl sites for hydroxylation is 1. The number of carboxylic acid groups (broad SMARTS) is 1. The smallest absolute Gasteiger partial charge is 0.335 e. The van der Waals surface area contributed by atoms with Crippen molar-refractivity contribution in [3.63, 3.8) is 0 Å². The van der Waals surface area contributed by atoms with Crippen LogP contribution >= 0.6 is 11.3 Å². The number of nitrogens with one attached hydrogen (secondary N) is 1. The van der Waals surface area contributed by atoms with Gasteiger partial charge in [0.05, 0.1) is 10.5 Å². The van der Waals surface area contributed by atoms with E-state index >= 15 is 0 Å². The maximum atomic E-state index is 12.2. The van der Waals surface area contributed by atoms with Crippen LogP contribution in [-0.4, -0.2) is 19.5 Å². The fourth-order valence-electron chi connectivity index (χ4n) is 1.88. The molecule has 2 rings (SSSR count). The van der Waals surface area contributed by atoms with Gasteiger partial charge in [-0.15, -0.1) is 11.3 Å². The van der Waals surface area contributed by atoms with Gasteiger partial charge in [-0.05, 0) is 41.6 Å². The number of aromatic carboxylic acids is 1. The number of hydrogen-bond donors (Lipinski definition) is 2. The summed E-state index contributed by atoms with van der Waals surface area (Å²) in [5.74, 6) is -1.15. The molecule has 0 unspecified atom stereocenters. The first-order valence-electron chi connectivity index (χ1n) is 6.32. The molecule has 1 heterocycles. The van der Waals surface area contributed by atoms with Gasteiger partial charge in [0.25, 0.3) is 0 Å². The highest BCUT2D eigenvalue weighted by molar-refractivity contribution is 7.89. The van der Waals surface area contributed by atoms with Gasteiger partial charge in [0.1, 0.15) is 0 Å². The van der Waals surface area contributed by atoms with Gasteiger partial charge in [-0.1, -0.05) is 13.0 Å². The number of thiophene rings is 1. The van der Waals surface area contributed by atoms with Crippen LogP contribution in [0.15, 0.2) is 40.6 Å². The Kier molecular flexibility index (Phi) is 4.76. The van der Waals surface area contributed by atoms with E-state index in [1.807, 2.05) is 18.4 Å². The summed E-state index contributed by atoms with van der Waals surface area (Å²) in [6.07, 6.45) is 0.842. The van der Waals surface area contributed by atoms with E-state index in [-0.39, 0.29) is 17.0 Å². The molecule has 2 aromatic rings. The van der Waals surface area contributed by atoms with Crippen molar-refractivity contribution in [3.05, 3.63) is 51.7 Å². The molecule has 0 radical (unpaired) electrons. The minimum absolute atomic E-state index is 0.0444. The number of rotatable bonds is 6. The van der Waals surface area contributed by atoms with Crippen molar-refractivity contribution in [1.29, 1.82) is 0 Å². The van der Waals surface area contributed by atoms with Gasteiger partial charge < -0.3 is 5.11 Å². The molecular weight excluding hydrogens is 310 g/mol. The van der Waals surface area contributed by atoms with E-state index in [4.69, 9.17) is 5.11 Å². The van der Waals surface area contributed by atoms with Crippen LogP contribution in [0.4, 0.5) is 0 Å². The Morgan fingerprint density at radius 2 is 2.10 bits per heavy atom. The molecule has 0 fully saturated rings. The largest absolute Gasteiger partial charge is 0.478 e. The first-order valence-corrected chi connectivity index (χ1v) is 8.68. The molecule has 0 aliphatic heterocycles. The molecule has 0 bridgehead atoms. The maximum absolute atomic E-state index is 12.2. The Hall–Kier alpha value is -1.70. The van der Waals surface area contributed by atoms with E-state index in [1.165, 1.54) is 29.5 Å². The lowest BCUT2D eigenvalue weighted by molar-refractivity contribution is 0.0696. The molecule has 0 atom stereocenters. The maximum Gasteiger partial charge on any atom is 0.335 e. The quantitative estimate of drug-likeness (QED) is 0.854. The summed E-state index contributed by atoms with van der Waals surface area (Å²) >= 11 is 1.50. The van der Waals surface area contributed by atoms with Crippen LogP contribution in [0.2, 0.25) is 0 Å². The highest BCUT2D eigenvalue weighted by Crippen LogP contribution is 2.18. The molecule has 0 aliphatic carbocycles. The minimum atomic E-state index is -3.72. The highest BCUT2D eigenvalue weighted by atomic mass is 32.2. The first kappa shape index (κ1) is 15.7. The predicted molar refractivity (Wildman–Crippen MR) is 81.1 cm³/mol. The van der Waals surface area contributed by atoms with Crippen molar-refractivity contribution in [2.75, 3.05) is 0 Å². The molecule has 0 amide bonds. The topological polar surface area (TPSA) is 83.5 Å². The Morgan fingerprint density at radius 3 is 2.76 bits per heavy atom. The zero-order valence-electron chi connectivity index (χ0n) is 11.4. The summed E-state index contributed by atoms with van der Waals surface area (Å²) in [6, 6.07) is 7.28.